The number of rotatable bonds is 3. The van der Waals surface area contributed by atoms with Gasteiger partial charge in [0, 0.05) is 0 Å². The number of hydrogen-bond acceptors (Lipinski definition) is 3. The van der Waals surface area contributed by atoms with Crippen LogP contribution in [-0.4, -0.2) is 13.3 Å². The Morgan fingerprint density at radius 3 is 2.50 bits per heavy atom. The largest absolute Gasteiger partial charge is 0.454 e. The van der Waals surface area contributed by atoms with Gasteiger partial charge in [0.15, 0.2) is 11.5 Å². The molecule has 0 aliphatic carbocycles. The molecule has 3 heteroatoms. The van der Waals surface area contributed by atoms with E-state index in [4.69, 9.17) is 15.2 Å². The number of aryl methyl sites for hydroxylation is 1. The van der Waals surface area contributed by atoms with Crippen molar-refractivity contribution in [3.63, 3.8) is 0 Å². The van der Waals surface area contributed by atoms with E-state index in [1.807, 2.05) is 0 Å². The van der Waals surface area contributed by atoms with Crippen LogP contribution in [0.1, 0.15) is 31.4 Å². The Morgan fingerprint density at radius 1 is 1.25 bits per heavy atom. The maximum absolute atomic E-state index is 5.66. The van der Waals surface area contributed by atoms with Gasteiger partial charge in [0.25, 0.3) is 0 Å². The van der Waals surface area contributed by atoms with Crippen molar-refractivity contribution in [2.75, 3.05) is 13.3 Å². The molecule has 1 aromatic carbocycles. The summed E-state index contributed by atoms with van der Waals surface area (Å²) in [6.45, 7) is 7.56. The van der Waals surface area contributed by atoms with Gasteiger partial charge in [-0.2, -0.15) is 0 Å². The summed E-state index contributed by atoms with van der Waals surface area (Å²) in [5.41, 5.74) is 8.27. The van der Waals surface area contributed by atoms with Crippen LogP contribution in [0.5, 0.6) is 11.5 Å². The molecule has 1 aliphatic rings. The van der Waals surface area contributed by atoms with Crippen LogP contribution in [0.15, 0.2) is 12.1 Å². The van der Waals surface area contributed by atoms with Crippen LogP contribution in [0, 0.1) is 6.92 Å². The van der Waals surface area contributed by atoms with Gasteiger partial charge in [-0.1, -0.05) is 13.8 Å². The second kappa shape index (κ2) is 3.98. The van der Waals surface area contributed by atoms with Gasteiger partial charge in [-0.15, -0.1) is 0 Å². The molecule has 0 bridgehead atoms. The van der Waals surface area contributed by atoms with Gasteiger partial charge in [-0.05, 0) is 48.6 Å². The summed E-state index contributed by atoms with van der Waals surface area (Å²) >= 11 is 0. The lowest BCUT2D eigenvalue weighted by molar-refractivity contribution is 0.174. The molecule has 88 valence electrons. The molecule has 3 nitrogen and oxygen atoms in total. The summed E-state index contributed by atoms with van der Waals surface area (Å²) in [5.74, 6) is 1.70. The van der Waals surface area contributed by atoms with Crippen LogP contribution < -0.4 is 15.2 Å². The zero-order valence-electron chi connectivity index (χ0n) is 10.2. The normalized spacial score (nSPS) is 14.2. The Hall–Kier alpha value is -1.22. The third kappa shape index (κ3) is 1.87. The summed E-state index contributed by atoms with van der Waals surface area (Å²) in [6.07, 6.45) is 0.966. The monoisotopic (exact) mass is 221 g/mol. The Bertz CT molecular complexity index is 399. The van der Waals surface area contributed by atoms with Gasteiger partial charge in [-0.3, -0.25) is 0 Å². The van der Waals surface area contributed by atoms with E-state index >= 15 is 0 Å². The highest BCUT2D eigenvalue weighted by Gasteiger charge is 2.25. The molecular formula is C13H19NO2. The zero-order chi connectivity index (χ0) is 11.8. The molecule has 1 heterocycles. The van der Waals surface area contributed by atoms with Gasteiger partial charge in [0.05, 0.1) is 0 Å². The van der Waals surface area contributed by atoms with Crippen LogP contribution >= 0.6 is 0 Å². The summed E-state index contributed by atoms with van der Waals surface area (Å²) in [4.78, 5) is 0. The van der Waals surface area contributed by atoms with Gasteiger partial charge in [0.1, 0.15) is 0 Å². The summed E-state index contributed by atoms with van der Waals surface area (Å²) < 4.78 is 10.8. The molecule has 0 spiro atoms. The molecule has 0 aromatic heterocycles. The van der Waals surface area contributed by atoms with Crippen LogP contribution in [0.2, 0.25) is 0 Å². The van der Waals surface area contributed by atoms with E-state index in [1.165, 1.54) is 11.1 Å². The molecule has 0 fully saturated rings. The van der Waals surface area contributed by atoms with Crippen LogP contribution in [-0.2, 0) is 5.41 Å². The van der Waals surface area contributed by atoms with Crippen LogP contribution in [0.4, 0.5) is 0 Å². The van der Waals surface area contributed by atoms with Crippen molar-refractivity contribution in [3.05, 3.63) is 23.3 Å². The average Bonchev–Trinajstić information content (AvgIpc) is 2.63. The van der Waals surface area contributed by atoms with Gasteiger partial charge in [0.2, 0.25) is 6.79 Å². The number of benzene rings is 1. The SMILES string of the molecule is Cc1cc2c(cc1C(C)(C)CCN)OCO2. The van der Waals surface area contributed by atoms with Gasteiger partial charge >= 0.3 is 0 Å². The molecular weight excluding hydrogens is 202 g/mol. The van der Waals surface area contributed by atoms with Crippen molar-refractivity contribution in [3.8, 4) is 11.5 Å². The minimum atomic E-state index is 0.0831. The summed E-state index contributed by atoms with van der Waals surface area (Å²) in [6, 6.07) is 4.14. The van der Waals surface area contributed by atoms with E-state index in [0.717, 1.165) is 17.9 Å². The first-order valence-electron chi connectivity index (χ1n) is 5.65. The molecule has 16 heavy (non-hydrogen) atoms. The van der Waals surface area contributed by atoms with Crippen LogP contribution in [0.3, 0.4) is 0 Å². The van der Waals surface area contributed by atoms with E-state index in [9.17, 15) is 0 Å². The molecule has 0 saturated heterocycles. The number of ether oxygens (including phenoxy) is 2. The van der Waals surface area contributed by atoms with E-state index in [1.54, 1.807) is 0 Å². The lowest BCUT2D eigenvalue weighted by Gasteiger charge is -2.26. The van der Waals surface area contributed by atoms with E-state index in [2.05, 4.69) is 32.9 Å². The first kappa shape index (κ1) is 11.3. The third-order valence-corrected chi connectivity index (χ3v) is 3.22. The molecule has 0 atom stereocenters. The standard InChI is InChI=1S/C13H19NO2/c1-9-6-11-12(16-8-15-11)7-10(9)13(2,3)4-5-14/h6-7H,4-5,8,14H2,1-3H3. The predicted molar refractivity (Wildman–Crippen MR) is 64.0 cm³/mol. The maximum Gasteiger partial charge on any atom is 0.231 e. The molecule has 0 saturated carbocycles. The van der Waals surface area contributed by atoms with Crippen molar-refractivity contribution in [1.29, 1.82) is 0 Å². The fourth-order valence-corrected chi connectivity index (χ4v) is 2.27. The number of hydrogen-bond donors (Lipinski definition) is 1. The van der Waals surface area contributed by atoms with E-state index < -0.39 is 0 Å². The highest BCUT2D eigenvalue weighted by molar-refractivity contribution is 5.50. The van der Waals surface area contributed by atoms with Gasteiger partial charge in [-0.25, -0.2) is 0 Å². The first-order chi connectivity index (χ1) is 7.54. The molecule has 1 aliphatic heterocycles. The minimum absolute atomic E-state index is 0.0831. The van der Waals surface area contributed by atoms with Crippen LogP contribution in [0.25, 0.3) is 0 Å². The van der Waals surface area contributed by atoms with Crippen molar-refractivity contribution in [1.82, 2.24) is 0 Å². The maximum atomic E-state index is 5.66. The predicted octanol–water partition coefficient (Wildman–Crippen LogP) is 2.35. The smallest absolute Gasteiger partial charge is 0.231 e. The topological polar surface area (TPSA) is 44.5 Å². The molecule has 0 unspecified atom stereocenters. The molecule has 1 aromatic rings. The minimum Gasteiger partial charge on any atom is -0.454 e. The number of nitrogens with two attached hydrogens (primary N) is 1. The summed E-state index contributed by atoms with van der Waals surface area (Å²) in [7, 11) is 0. The lowest BCUT2D eigenvalue weighted by Crippen LogP contribution is -2.22. The highest BCUT2D eigenvalue weighted by atomic mass is 16.7. The Labute approximate surface area is 96.5 Å². The van der Waals surface area contributed by atoms with Crippen molar-refractivity contribution < 1.29 is 9.47 Å². The Balaban J connectivity index is 2.41. The van der Waals surface area contributed by atoms with E-state index in [-0.39, 0.29) is 5.41 Å². The summed E-state index contributed by atoms with van der Waals surface area (Å²) in [5, 5.41) is 0. The van der Waals surface area contributed by atoms with Crippen molar-refractivity contribution >= 4 is 0 Å². The Morgan fingerprint density at radius 2 is 1.88 bits per heavy atom. The van der Waals surface area contributed by atoms with E-state index in [0.29, 0.717) is 13.3 Å². The fourth-order valence-electron chi connectivity index (χ4n) is 2.27. The van der Waals surface area contributed by atoms with Crippen molar-refractivity contribution in [2.45, 2.75) is 32.6 Å². The second-order valence-electron chi connectivity index (χ2n) is 4.94. The molecule has 2 N–H and O–H groups in total. The number of fused-ring (bicyclic) bond motifs is 1. The average molecular weight is 221 g/mol. The zero-order valence-corrected chi connectivity index (χ0v) is 10.2. The Kier molecular flexibility index (Phi) is 2.80. The highest BCUT2D eigenvalue weighted by Crippen LogP contribution is 2.39. The van der Waals surface area contributed by atoms with Crippen molar-refractivity contribution in [2.24, 2.45) is 5.73 Å². The third-order valence-electron chi connectivity index (χ3n) is 3.22. The first-order valence-corrected chi connectivity index (χ1v) is 5.65. The second-order valence-corrected chi connectivity index (χ2v) is 4.94. The fraction of sp³-hybridized carbons (Fsp3) is 0.538. The molecule has 0 amide bonds. The van der Waals surface area contributed by atoms with Gasteiger partial charge < -0.3 is 15.2 Å². The quantitative estimate of drug-likeness (QED) is 0.852. The molecule has 0 radical (unpaired) electrons. The molecule has 2 rings (SSSR count). The lowest BCUT2D eigenvalue weighted by atomic mass is 9.79.